The van der Waals surface area contributed by atoms with Crippen LogP contribution in [0.3, 0.4) is 0 Å². The van der Waals surface area contributed by atoms with Crippen molar-refractivity contribution in [3.05, 3.63) is 0 Å². The third-order valence-corrected chi connectivity index (χ3v) is 1.90. The molecule has 0 aromatic heterocycles. The molecule has 0 rings (SSSR count). The van der Waals surface area contributed by atoms with Crippen molar-refractivity contribution in [3.8, 4) is 12.3 Å². The fourth-order valence-corrected chi connectivity index (χ4v) is 0.587. The highest BCUT2D eigenvalue weighted by molar-refractivity contribution is 4.85. The van der Waals surface area contributed by atoms with Gasteiger partial charge in [0, 0.05) is 6.42 Å². The predicted octanol–water partition coefficient (Wildman–Crippen LogP) is 2.84. The van der Waals surface area contributed by atoms with Gasteiger partial charge in [0.15, 0.2) is 0 Å². The number of hydrogen-bond acceptors (Lipinski definition) is 0. The molecule has 0 radical (unpaired) electrons. The van der Waals surface area contributed by atoms with E-state index in [0.29, 0.717) is 5.41 Å². The molecule has 0 saturated heterocycles. The first-order chi connectivity index (χ1) is 4.12. The van der Waals surface area contributed by atoms with E-state index in [-0.39, 0.29) is 0 Å². The van der Waals surface area contributed by atoms with Crippen LogP contribution in [0.25, 0.3) is 0 Å². The van der Waals surface area contributed by atoms with E-state index in [1.54, 1.807) is 0 Å². The van der Waals surface area contributed by atoms with E-state index in [4.69, 9.17) is 6.42 Å². The van der Waals surface area contributed by atoms with Gasteiger partial charge in [-0.2, -0.15) is 0 Å². The Balaban J connectivity index is 3.48. The van der Waals surface area contributed by atoms with Gasteiger partial charge in [-0.3, -0.25) is 0 Å². The Kier molecular flexibility index (Phi) is 3.39. The Hall–Kier alpha value is -0.440. The summed E-state index contributed by atoms with van der Waals surface area (Å²) in [5.74, 6) is 2.66. The lowest BCUT2D eigenvalue weighted by molar-refractivity contribution is 0.327. The minimum absolute atomic E-state index is 0.451. The van der Waals surface area contributed by atoms with Crippen LogP contribution < -0.4 is 0 Å². The van der Waals surface area contributed by atoms with Gasteiger partial charge in [-0.1, -0.05) is 27.2 Å². The van der Waals surface area contributed by atoms with E-state index < -0.39 is 0 Å². The highest BCUT2D eigenvalue weighted by atomic mass is 14.2. The molecule has 0 unspecified atom stereocenters. The molecule has 0 aliphatic rings. The summed E-state index contributed by atoms with van der Waals surface area (Å²) in [7, 11) is 0. The molecule has 0 saturated carbocycles. The Morgan fingerprint density at radius 2 is 2.00 bits per heavy atom. The minimum Gasteiger partial charge on any atom is -0.120 e. The molecule has 0 heteroatoms. The van der Waals surface area contributed by atoms with Gasteiger partial charge in [-0.25, -0.2) is 0 Å². The van der Waals surface area contributed by atoms with Gasteiger partial charge in [-0.15, -0.1) is 12.3 Å². The lowest BCUT2D eigenvalue weighted by atomic mass is 9.85. The Morgan fingerprint density at radius 1 is 1.44 bits per heavy atom. The maximum Gasteiger partial charge on any atom is 0.00911 e. The summed E-state index contributed by atoms with van der Waals surface area (Å²) in [4.78, 5) is 0. The van der Waals surface area contributed by atoms with Crippen LogP contribution in [0.4, 0.5) is 0 Å². The average molecular weight is 124 g/mol. The van der Waals surface area contributed by atoms with E-state index in [9.17, 15) is 0 Å². The zero-order valence-electron chi connectivity index (χ0n) is 6.70. The second-order valence-corrected chi connectivity index (χ2v) is 3.22. The van der Waals surface area contributed by atoms with Gasteiger partial charge in [0.25, 0.3) is 0 Å². The van der Waals surface area contributed by atoms with Gasteiger partial charge in [0.05, 0.1) is 0 Å². The van der Waals surface area contributed by atoms with Gasteiger partial charge in [0.1, 0.15) is 0 Å². The second-order valence-electron chi connectivity index (χ2n) is 3.22. The van der Waals surface area contributed by atoms with Crippen molar-refractivity contribution in [1.82, 2.24) is 0 Å². The summed E-state index contributed by atoms with van der Waals surface area (Å²) < 4.78 is 0. The van der Waals surface area contributed by atoms with Crippen molar-refractivity contribution in [2.45, 2.75) is 40.0 Å². The number of rotatable bonds is 3. The molecule has 0 spiro atoms. The van der Waals surface area contributed by atoms with E-state index in [2.05, 4.69) is 26.7 Å². The van der Waals surface area contributed by atoms with E-state index in [0.717, 1.165) is 12.8 Å². The van der Waals surface area contributed by atoms with Crippen molar-refractivity contribution in [2.75, 3.05) is 0 Å². The van der Waals surface area contributed by atoms with Crippen molar-refractivity contribution in [1.29, 1.82) is 0 Å². The largest absolute Gasteiger partial charge is 0.120 e. The third-order valence-electron chi connectivity index (χ3n) is 1.90. The molecule has 9 heavy (non-hydrogen) atoms. The summed E-state index contributed by atoms with van der Waals surface area (Å²) in [5, 5.41) is 0. The van der Waals surface area contributed by atoms with Crippen LogP contribution in [-0.4, -0.2) is 0 Å². The van der Waals surface area contributed by atoms with Crippen molar-refractivity contribution < 1.29 is 0 Å². The first-order valence-corrected chi connectivity index (χ1v) is 3.56. The van der Waals surface area contributed by atoms with E-state index in [1.165, 1.54) is 6.42 Å². The van der Waals surface area contributed by atoms with Crippen LogP contribution in [0.1, 0.15) is 40.0 Å². The smallest absolute Gasteiger partial charge is 0.00911 e. The molecular formula is C9H16. The molecule has 0 amide bonds. The molecule has 0 bridgehead atoms. The van der Waals surface area contributed by atoms with Crippen LogP contribution in [0, 0.1) is 17.8 Å². The van der Waals surface area contributed by atoms with Gasteiger partial charge in [0.2, 0.25) is 0 Å². The molecule has 0 heterocycles. The lowest BCUT2D eigenvalue weighted by Gasteiger charge is -2.20. The summed E-state index contributed by atoms with van der Waals surface area (Å²) >= 11 is 0. The highest BCUT2D eigenvalue weighted by Crippen LogP contribution is 2.25. The quantitative estimate of drug-likeness (QED) is 0.507. The summed E-state index contributed by atoms with van der Waals surface area (Å²) in [6.45, 7) is 6.71. The topological polar surface area (TPSA) is 0 Å². The molecule has 0 aromatic rings. The van der Waals surface area contributed by atoms with Crippen molar-refractivity contribution in [2.24, 2.45) is 5.41 Å². The minimum atomic E-state index is 0.451. The Bertz CT molecular complexity index is 104. The second kappa shape index (κ2) is 3.56. The Labute approximate surface area is 58.7 Å². The molecule has 0 fully saturated rings. The molecule has 0 aliphatic heterocycles. The van der Waals surface area contributed by atoms with Crippen molar-refractivity contribution >= 4 is 0 Å². The average Bonchev–Trinajstić information content (AvgIpc) is 1.84. The summed E-state index contributed by atoms with van der Waals surface area (Å²) in [6.07, 6.45) is 8.43. The van der Waals surface area contributed by atoms with Crippen LogP contribution in [0.2, 0.25) is 0 Å². The summed E-state index contributed by atoms with van der Waals surface area (Å²) in [6, 6.07) is 0. The monoisotopic (exact) mass is 124 g/mol. The third kappa shape index (κ3) is 4.09. The molecule has 0 atom stereocenters. The lowest BCUT2D eigenvalue weighted by Crippen LogP contribution is -2.08. The molecule has 0 N–H and O–H groups in total. The Morgan fingerprint density at radius 3 is 2.33 bits per heavy atom. The first-order valence-electron chi connectivity index (χ1n) is 3.56. The van der Waals surface area contributed by atoms with Crippen LogP contribution in [-0.2, 0) is 0 Å². The SMILES string of the molecule is C#CCCC(C)(C)CC. The normalized spacial score (nSPS) is 10.9. The predicted molar refractivity (Wildman–Crippen MR) is 42.1 cm³/mol. The molecule has 0 aliphatic carbocycles. The zero-order chi connectivity index (χ0) is 7.33. The maximum absolute atomic E-state index is 5.14. The molecular weight excluding hydrogens is 108 g/mol. The summed E-state index contributed by atoms with van der Waals surface area (Å²) in [5.41, 5.74) is 0.451. The van der Waals surface area contributed by atoms with Crippen LogP contribution in [0.15, 0.2) is 0 Å². The van der Waals surface area contributed by atoms with Crippen LogP contribution in [0.5, 0.6) is 0 Å². The van der Waals surface area contributed by atoms with E-state index in [1.807, 2.05) is 0 Å². The van der Waals surface area contributed by atoms with Gasteiger partial charge < -0.3 is 0 Å². The van der Waals surface area contributed by atoms with Crippen LogP contribution >= 0.6 is 0 Å². The fraction of sp³-hybridized carbons (Fsp3) is 0.778. The molecule has 52 valence electrons. The maximum atomic E-state index is 5.14. The standard InChI is InChI=1S/C9H16/c1-5-7-8-9(3,4)6-2/h1H,6-8H2,2-4H3. The first kappa shape index (κ1) is 8.56. The van der Waals surface area contributed by atoms with E-state index >= 15 is 0 Å². The van der Waals surface area contributed by atoms with Gasteiger partial charge >= 0.3 is 0 Å². The fourth-order valence-electron chi connectivity index (χ4n) is 0.587. The zero-order valence-corrected chi connectivity index (χ0v) is 6.70. The number of hydrogen-bond donors (Lipinski definition) is 0. The van der Waals surface area contributed by atoms with Gasteiger partial charge in [-0.05, 0) is 11.8 Å². The molecule has 0 nitrogen and oxygen atoms in total. The van der Waals surface area contributed by atoms with Crippen molar-refractivity contribution in [3.63, 3.8) is 0 Å². The molecule has 0 aromatic carbocycles. The number of terminal acetylenes is 1. The highest BCUT2D eigenvalue weighted by Gasteiger charge is 2.12.